The van der Waals surface area contributed by atoms with Crippen LogP contribution in [0.3, 0.4) is 0 Å². The number of nitrogens with zero attached hydrogens (tertiary/aromatic N) is 3. The summed E-state index contributed by atoms with van der Waals surface area (Å²) in [6.07, 6.45) is 0. The number of benzene rings is 1. The lowest BCUT2D eigenvalue weighted by molar-refractivity contribution is 0.0957. The Hall–Kier alpha value is -2.21. The number of carbonyl (C=O) groups excluding carboxylic acids is 1. The van der Waals surface area contributed by atoms with Crippen LogP contribution in [0.4, 0.5) is 0 Å². The summed E-state index contributed by atoms with van der Waals surface area (Å²) in [6.45, 7) is 3.74. The lowest BCUT2D eigenvalue weighted by Crippen LogP contribution is -2.24. The molecular formula is C11H10ClN5O. The summed E-state index contributed by atoms with van der Waals surface area (Å²) in [5.41, 5.74) is 1.31. The minimum absolute atomic E-state index is 0.212. The third-order valence-corrected chi connectivity index (χ3v) is 2.33. The topological polar surface area (TPSA) is 83.6 Å². The van der Waals surface area contributed by atoms with E-state index in [1.807, 2.05) is 0 Å². The average Bonchev–Trinajstić information content (AvgIpc) is 2.90. The quantitative estimate of drug-likeness (QED) is 0.872. The van der Waals surface area contributed by atoms with Gasteiger partial charge in [-0.15, -0.1) is 10.2 Å². The van der Waals surface area contributed by atoms with Crippen molar-refractivity contribution in [2.24, 2.45) is 0 Å². The number of carbonyl (C=O) groups is 1. The maximum absolute atomic E-state index is 11.7. The van der Waals surface area contributed by atoms with E-state index < -0.39 is 0 Å². The van der Waals surface area contributed by atoms with Crippen LogP contribution in [0.15, 0.2) is 35.9 Å². The van der Waals surface area contributed by atoms with Crippen LogP contribution in [0.2, 0.25) is 0 Å². The largest absolute Gasteiger partial charge is 0.347 e. The Balaban J connectivity index is 2.08. The third kappa shape index (κ3) is 2.92. The van der Waals surface area contributed by atoms with Gasteiger partial charge in [-0.25, -0.2) is 0 Å². The minimum atomic E-state index is -0.212. The van der Waals surface area contributed by atoms with Crippen LogP contribution in [-0.2, 0) is 0 Å². The SMILES string of the molecule is C=C(Cl)CNC(=O)c1ccc(-c2nn[nH]n2)cc1. The molecule has 0 fully saturated rings. The highest BCUT2D eigenvalue weighted by molar-refractivity contribution is 6.29. The van der Waals surface area contributed by atoms with Gasteiger partial charge in [0.05, 0.1) is 6.54 Å². The summed E-state index contributed by atoms with van der Waals surface area (Å²) in [5.74, 6) is 0.271. The van der Waals surface area contributed by atoms with Gasteiger partial charge < -0.3 is 5.32 Å². The number of tetrazole rings is 1. The molecule has 7 heteroatoms. The Morgan fingerprint density at radius 1 is 1.39 bits per heavy atom. The fourth-order valence-corrected chi connectivity index (χ4v) is 1.40. The first-order chi connectivity index (χ1) is 8.66. The van der Waals surface area contributed by atoms with Gasteiger partial charge in [0.15, 0.2) is 0 Å². The first-order valence-corrected chi connectivity index (χ1v) is 5.50. The van der Waals surface area contributed by atoms with Crippen molar-refractivity contribution in [2.75, 3.05) is 6.54 Å². The lowest BCUT2D eigenvalue weighted by Gasteiger charge is -2.04. The molecule has 2 rings (SSSR count). The molecule has 0 radical (unpaired) electrons. The molecule has 1 heterocycles. The monoisotopic (exact) mass is 263 g/mol. The number of aromatic nitrogens is 4. The molecule has 1 amide bonds. The molecule has 1 aromatic heterocycles. The van der Waals surface area contributed by atoms with E-state index in [0.29, 0.717) is 16.4 Å². The Morgan fingerprint density at radius 3 is 2.67 bits per heavy atom. The van der Waals surface area contributed by atoms with Gasteiger partial charge in [-0.05, 0) is 17.3 Å². The average molecular weight is 264 g/mol. The van der Waals surface area contributed by atoms with E-state index in [9.17, 15) is 4.79 Å². The van der Waals surface area contributed by atoms with Crippen molar-refractivity contribution in [1.29, 1.82) is 0 Å². The van der Waals surface area contributed by atoms with Gasteiger partial charge in [0.1, 0.15) is 0 Å². The standard InChI is InChI=1S/C11H10ClN5O/c1-7(12)6-13-11(18)9-4-2-8(3-5-9)10-14-16-17-15-10/h2-5H,1,6H2,(H,13,18)(H,14,15,16,17). The molecule has 0 saturated heterocycles. The Labute approximate surface area is 108 Å². The summed E-state index contributed by atoms with van der Waals surface area (Å²) in [4.78, 5) is 11.7. The van der Waals surface area contributed by atoms with E-state index in [-0.39, 0.29) is 12.5 Å². The zero-order valence-corrected chi connectivity index (χ0v) is 10.1. The van der Waals surface area contributed by atoms with Gasteiger partial charge in [-0.3, -0.25) is 4.79 Å². The minimum Gasteiger partial charge on any atom is -0.347 e. The van der Waals surface area contributed by atoms with Crippen molar-refractivity contribution in [1.82, 2.24) is 25.9 Å². The molecule has 2 aromatic rings. The highest BCUT2D eigenvalue weighted by Gasteiger charge is 2.07. The number of halogens is 1. The Morgan fingerprint density at radius 2 is 2.11 bits per heavy atom. The maximum atomic E-state index is 11.7. The van der Waals surface area contributed by atoms with E-state index in [2.05, 4.69) is 32.5 Å². The van der Waals surface area contributed by atoms with Crippen molar-refractivity contribution in [3.05, 3.63) is 41.4 Å². The molecule has 0 bridgehead atoms. The molecule has 0 aliphatic carbocycles. The van der Waals surface area contributed by atoms with Crippen LogP contribution in [-0.4, -0.2) is 33.1 Å². The van der Waals surface area contributed by atoms with Crippen LogP contribution in [0.5, 0.6) is 0 Å². The van der Waals surface area contributed by atoms with Crippen molar-refractivity contribution in [2.45, 2.75) is 0 Å². The number of nitrogens with one attached hydrogen (secondary N) is 2. The molecule has 92 valence electrons. The smallest absolute Gasteiger partial charge is 0.251 e. The molecule has 18 heavy (non-hydrogen) atoms. The van der Waals surface area contributed by atoms with Crippen molar-refractivity contribution < 1.29 is 4.79 Å². The number of hydrogen-bond donors (Lipinski definition) is 2. The molecule has 0 spiro atoms. The first kappa shape index (κ1) is 12.3. The molecule has 6 nitrogen and oxygen atoms in total. The second-order valence-corrected chi connectivity index (χ2v) is 4.05. The number of amides is 1. The molecule has 1 aromatic carbocycles. The highest BCUT2D eigenvalue weighted by Crippen LogP contribution is 2.13. The first-order valence-electron chi connectivity index (χ1n) is 5.12. The van der Waals surface area contributed by atoms with Gasteiger partial charge >= 0.3 is 0 Å². The highest BCUT2D eigenvalue weighted by atomic mass is 35.5. The molecule has 0 aliphatic rings. The van der Waals surface area contributed by atoms with Crippen molar-refractivity contribution in [3.63, 3.8) is 0 Å². The lowest BCUT2D eigenvalue weighted by atomic mass is 10.1. The van der Waals surface area contributed by atoms with Crippen LogP contribution < -0.4 is 5.32 Å². The van der Waals surface area contributed by atoms with E-state index >= 15 is 0 Å². The number of aromatic amines is 1. The Bertz CT molecular complexity index is 549. The summed E-state index contributed by atoms with van der Waals surface area (Å²) >= 11 is 5.57. The maximum Gasteiger partial charge on any atom is 0.251 e. The second kappa shape index (κ2) is 5.42. The predicted octanol–water partition coefficient (Wildman–Crippen LogP) is 1.35. The Kier molecular flexibility index (Phi) is 3.69. The molecule has 0 unspecified atom stereocenters. The van der Waals surface area contributed by atoms with Gasteiger partial charge in [-0.1, -0.05) is 30.3 Å². The van der Waals surface area contributed by atoms with Crippen LogP contribution >= 0.6 is 11.6 Å². The summed E-state index contributed by atoms with van der Waals surface area (Å²) in [7, 11) is 0. The molecule has 0 aliphatic heterocycles. The predicted molar refractivity (Wildman–Crippen MR) is 66.9 cm³/mol. The van der Waals surface area contributed by atoms with Crippen molar-refractivity contribution in [3.8, 4) is 11.4 Å². The number of H-pyrrole nitrogens is 1. The van der Waals surface area contributed by atoms with Gasteiger partial charge in [0.2, 0.25) is 5.82 Å². The molecular weight excluding hydrogens is 254 g/mol. The van der Waals surface area contributed by atoms with E-state index in [1.165, 1.54) is 0 Å². The number of hydrogen-bond acceptors (Lipinski definition) is 4. The van der Waals surface area contributed by atoms with Gasteiger partial charge in [0.25, 0.3) is 5.91 Å². The normalized spacial score (nSPS) is 10.1. The van der Waals surface area contributed by atoms with Crippen LogP contribution in [0.1, 0.15) is 10.4 Å². The van der Waals surface area contributed by atoms with E-state index in [0.717, 1.165) is 5.56 Å². The molecule has 2 N–H and O–H groups in total. The van der Waals surface area contributed by atoms with Crippen LogP contribution in [0.25, 0.3) is 11.4 Å². The van der Waals surface area contributed by atoms with E-state index in [1.54, 1.807) is 24.3 Å². The summed E-state index contributed by atoms with van der Waals surface area (Å²) in [6, 6.07) is 6.85. The zero-order valence-electron chi connectivity index (χ0n) is 9.35. The second-order valence-electron chi connectivity index (χ2n) is 3.51. The zero-order chi connectivity index (χ0) is 13.0. The fourth-order valence-electron chi connectivity index (χ4n) is 1.33. The summed E-state index contributed by atoms with van der Waals surface area (Å²) in [5, 5.41) is 16.5. The van der Waals surface area contributed by atoms with E-state index in [4.69, 9.17) is 11.6 Å². The van der Waals surface area contributed by atoms with Crippen LogP contribution in [0, 0.1) is 0 Å². The molecule has 0 saturated carbocycles. The molecule has 0 atom stereocenters. The summed E-state index contributed by atoms with van der Waals surface area (Å²) < 4.78 is 0. The fraction of sp³-hybridized carbons (Fsp3) is 0.0909. The number of rotatable bonds is 4. The van der Waals surface area contributed by atoms with Crippen molar-refractivity contribution >= 4 is 17.5 Å². The third-order valence-electron chi connectivity index (χ3n) is 2.19. The van der Waals surface area contributed by atoms with Gasteiger partial charge in [-0.2, -0.15) is 5.21 Å². The van der Waals surface area contributed by atoms with Gasteiger partial charge in [0, 0.05) is 16.2 Å².